The summed E-state index contributed by atoms with van der Waals surface area (Å²) in [7, 11) is 0. The number of fused-ring (bicyclic) bond motifs is 1. The van der Waals surface area contributed by atoms with Crippen molar-refractivity contribution in [3.8, 4) is 5.69 Å². The predicted octanol–water partition coefficient (Wildman–Crippen LogP) is 2.75. The van der Waals surface area contributed by atoms with Gasteiger partial charge in [0.05, 0.1) is 5.69 Å². The molecule has 0 amide bonds. The molecule has 0 radical (unpaired) electrons. The van der Waals surface area contributed by atoms with E-state index in [1.54, 1.807) is 18.3 Å². The quantitative estimate of drug-likeness (QED) is 0.869. The van der Waals surface area contributed by atoms with Crippen LogP contribution in [0.15, 0.2) is 47.4 Å². The van der Waals surface area contributed by atoms with Crippen LogP contribution in [-0.2, 0) is 5.41 Å². The first-order valence-corrected chi connectivity index (χ1v) is 9.03. The fourth-order valence-electron chi connectivity index (χ4n) is 4.88. The summed E-state index contributed by atoms with van der Waals surface area (Å²) in [5.74, 6) is 0. The van der Waals surface area contributed by atoms with E-state index in [0.29, 0.717) is 10.8 Å². The number of aromatic nitrogens is 2. The minimum Gasteiger partial charge on any atom is -0.300 e. The summed E-state index contributed by atoms with van der Waals surface area (Å²) in [4.78, 5) is 14.6. The van der Waals surface area contributed by atoms with Gasteiger partial charge in [-0.05, 0) is 68.3 Å². The largest absolute Gasteiger partial charge is 0.300 e. The minimum atomic E-state index is -0.0846. The molecule has 1 aromatic carbocycles. The number of hydrogen-bond donors (Lipinski definition) is 0. The maximum atomic E-state index is 11.9. The summed E-state index contributed by atoms with van der Waals surface area (Å²) in [5, 5.41) is 4.15. The van der Waals surface area contributed by atoms with Crippen molar-refractivity contribution in [2.75, 3.05) is 13.1 Å². The highest BCUT2D eigenvalue weighted by atomic mass is 16.1. The molecule has 0 spiro atoms. The van der Waals surface area contributed by atoms with Crippen molar-refractivity contribution < 1.29 is 0 Å². The van der Waals surface area contributed by atoms with Crippen LogP contribution < -0.4 is 5.56 Å². The monoisotopic (exact) mass is 321 g/mol. The van der Waals surface area contributed by atoms with Crippen LogP contribution in [-0.4, -0.2) is 33.8 Å². The molecule has 2 aliphatic carbocycles. The number of rotatable bonds is 4. The van der Waals surface area contributed by atoms with E-state index in [1.165, 1.54) is 49.0 Å². The second kappa shape index (κ2) is 4.79. The Morgan fingerprint density at radius 2 is 2.00 bits per heavy atom. The Kier molecular flexibility index (Phi) is 2.88. The number of hydrogen-bond acceptors (Lipinski definition) is 3. The third kappa shape index (κ3) is 1.95. The van der Waals surface area contributed by atoms with Crippen LogP contribution in [0.4, 0.5) is 0 Å². The zero-order valence-electron chi connectivity index (χ0n) is 14.1. The Hall–Kier alpha value is -1.94. The number of benzene rings is 1. The SMILES string of the molecule is C[C@H]1CCCN1CC12CC1(c1ccc(-n3ncccc3=O)cc1)C2. The zero-order chi connectivity index (χ0) is 16.4. The topological polar surface area (TPSA) is 38.1 Å². The average Bonchev–Trinajstić information content (AvgIpc) is 3.34. The van der Waals surface area contributed by atoms with Gasteiger partial charge in [-0.1, -0.05) is 12.1 Å². The van der Waals surface area contributed by atoms with Crippen LogP contribution in [0.2, 0.25) is 0 Å². The average molecular weight is 321 g/mol. The molecular formula is C20H23N3O. The molecule has 24 heavy (non-hydrogen) atoms. The molecule has 4 nitrogen and oxygen atoms in total. The molecule has 2 heterocycles. The molecule has 1 saturated heterocycles. The van der Waals surface area contributed by atoms with Gasteiger partial charge in [-0.2, -0.15) is 9.78 Å². The normalized spacial score (nSPS) is 34.1. The van der Waals surface area contributed by atoms with Crippen LogP contribution in [0, 0.1) is 5.41 Å². The van der Waals surface area contributed by atoms with E-state index in [1.807, 2.05) is 12.1 Å². The Morgan fingerprint density at radius 1 is 1.21 bits per heavy atom. The fourth-order valence-corrected chi connectivity index (χ4v) is 4.88. The van der Waals surface area contributed by atoms with Crippen LogP contribution in [0.1, 0.15) is 38.2 Å². The molecule has 5 rings (SSSR count). The molecule has 1 aromatic heterocycles. The highest BCUT2D eigenvalue weighted by molar-refractivity contribution is 5.52. The lowest BCUT2D eigenvalue weighted by Gasteiger charge is -2.22. The van der Waals surface area contributed by atoms with Gasteiger partial charge in [0.15, 0.2) is 0 Å². The van der Waals surface area contributed by atoms with Crippen LogP contribution in [0.25, 0.3) is 5.69 Å². The van der Waals surface area contributed by atoms with Gasteiger partial charge in [0.1, 0.15) is 0 Å². The van der Waals surface area contributed by atoms with E-state index in [4.69, 9.17) is 0 Å². The molecule has 3 fully saturated rings. The van der Waals surface area contributed by atoms with E-state index in [-0.39, 0.29) is 5.56 Å². The van der Waals surface area contributed by atoms with Crippen LogP contribution in [0.3, 0.4) is 0 Å². The zero-order valence-corrected chi connectivity index (χ0v) is 14.1. The lowest BCUT2D eigenvalue weighted by Crippen LogP contribution is -2.30. The molecule has 2 aromatic rings. The van der Waals surface area contributed by atoms with Gasteiger partial charge in [0, 0.05) is 30.3 Å². The summed E-state index contributed by atoms with van der Waals surface area (Å²) >= 11 is 0. The van der Waals surface area contributed by atoms with Crippen molar-refractivity contribution in [3.05, 3.63) is 58.5 Å². The van der Waals surface area contributed by atoms with E-state index in [0.717, 1.165) is 11.7 Å². The highest BCUT2D eigenvalue weighted by Gasteiger charge is 2.83. The van der Waals surface area contributed by atoms with Crippen LogP contribution >= 0.6 is 0 Å². The summed E-state index contributed by atoms with van der Waals surface area (Å²) in [6, 6.07) is 12.5. The van der Waals surface area contributed by atoms with Crippen molar-refractivity contribution >= 4 is 0 Å². The number of likely N-dealkylation sites (tertiary alicyclic amines) is 1. The van der Waals surface area contributed by atoms with Crippen molar-refractivity contribution in [1.29, 1.82) is 0 Å². The first-order chi connectivity index (χ1) is 11.6. The van der Waals surface area contributed by atoms with E-state index >= 15 is 0 Å². The second-order valence-corrected chi connectivity index (χ2v) is 8.00. The van der Waals surface area contributed by atoms with E-state index in [2.05, 4.69) is 29.1 Å². The van der Waals surface area contributed by atoms with Gasteiger partial charge >= 0.3 is 0 Å². The third-order valence-electron chi connectivity index (χ3n) is 6.62. The molecule has 0 unspecified atom stereocenters. The van der Waals surface area contributed by atoms with Gasteiger partial charge in [0.2, 0.25) is 0 Å². The molecule has 1 atom stereocenters. The molecule has 0 bridgehead atoms. The first kappa shape index (κ1) is 14.4. The van der Waals surface area contributed by atoms with Gasteiger partial charge < -0.3 is 4.90 Å². The minimum absolute atomic E-state index is 0.0846. The summed E-state index contributed by atoms with van der Waals surface area (Å²) in [6.45, 7) is 4.92. The molecule has 0 N–H and O–H groups in total. The molecule has 1 aliphatic heterocycles. The maximum Gasteiger partial charge on any atom is 0.271 e. The summed E-state index contributed by atoms with van der Waals surface area (Å²) < 4.78 is 1.46. The summed E-state index contributed by atoms with van der Waals surface area (Å²) in [5.41, 5.74) is 3.19. The van der Waals surface area contributed by atoms with Gasteiger partial charge in [-0.3, -0.25) is 4.79 Å². The lowest BCUT2D eigenvalue weighted by molar-refractivity contribution is 0.238. The Labute approximate surface area is 142 Å². The Morgan fingerprint density at radius 3 is 2.67 bits per heavy atom. The highest BCUT2D eigenvalue weighted by Crippen LogP contribution is 2.86. The fraction of sp³-hybridized carbons (Fsp3) is 0.500. The molecule has 124 valence electrons. The first-order valence-electron chi connectivity index (χ1n) is 9.03. The van der Waals surface area contributed by atoms with Gasteiger partial charge in [-0.25, -0.2) is 0 Å². The third-order valence-corrected chi connectivity index (χ3v) is 6.62. The Bertz CT molecular complexity index is 832. The van der Waals surface area contributed by atoms with E-state index in [9.17, 15) is 4.79 Å². The molecule has 2 saturated carbocycles. The van der Waals surface area contributed by atoms with Crippen molar-refractivity contribution in [2.24, 2.45) is 5.41 Å². The van der Waals surface area contributed by atoms with Gasteiger partial charge in [-0.15, -0.1) is 0 Å². The molecule has 3 aliphatic rings. The van der Waals surface area contributed by atoms with Gasteiger partial charge in [0.25, 0.3) is 5.56 Å². The number of nitrogens with zero attached hydrogens (tertiary/aromatic N) is 3. The lowest BCUT2D eigenvalue weighted by atomic mass is 10.0. The molecular weight excluding hydrogens is 298 g/mol. The van der Waals surface area contributed by atoms with Crippen molar-refractivity contribution in [2.45, 2.75) is 44.1 Å². The van der Waals surface area contributed by atoms with Crippen molar-refractivity contribution in [3.63, 3.8) is 0 Å². The smallest absolute Gasteiger partial charge is 0.271 e. The predicted molar refractivity (Wildman–Crippen MR) is 93.4 cm³/mol. The van der Waals surface area contributed by atoms with E-state index < -0.39 is 0 Å². The molecule has 4 heteroatoms. The van der Waals surface area contributed by atoms with Crippen LogP contribution in [0.5, 0.6) is 0 Å². The Balaban J connectivity index is 1.35. The van der Waals surface area contributed by atoms with Crippen molar-refractivity contribution in [1.82, 2.24) is 14.7 Å². The standard InChI is InChI=1S/C20H23N3O/c1-15-4-3-11-22(15)14-19-12-20(19,13-19)16-6-8-17(9-7-16)23-18(24)5-2-10-21-23/h2,5-10,15H,3-4,11-14H2,1H3/t15-,19?,20?/m0/s1. The maximum absolute atomic E-state index is 11.9. The summed E-state index contributed by atoms with van der Waals surface area (Å²) in [6.07, 6.45) is 7.05. The second-order valence-electron chi connectivity index (χ2n) is 8.00.